The first-order chi connectivity index (χ1) is 15.5. The van der Waals surface area contributed by atoms with Gasteiger partial charge in [0.05, 0.1) is 13.2 Å². The average Bonchev–Trinajstić information content (AvgIpc) is 2.80. The maximum Gasteiger partial charge on any atom is 0.333 e. The molecule has 0 amide bonds. The number of carboxylic acids is 1. The quantitative estimate of drug-likeness (QED) is 0.390. The van der Waals surface area contributed by atoms with Gasteiger partial charge in [-0.15, -0.1) is 0 Å². The van der Waals surface area contributed by atoms with Gasteiger partial charge in [-0.1, -0.05) is 30.3 Å². The number of carbonyl (C=O) groups is 1. The molecule has 0 aliphatic carbocycles. The predicted molar refractivity (Wildman–Crippen MR) is 122 cm³/mol. The first-order valence-electron chi connectivity index (χ1n) is 10.5. The normalized spacial score (nSPS) is 11.6. The van der Waals surface area contributed by atoms with E-state index in [4.69, 9.17) is 24.1 Å². The van der Waals surface area contributed by atoms with Gasteiger partial charge in [-0.2, -0.15) is 0 Å². The van der Waals surface area contributed by atoms with Gasteiger partial charge in [0.15, 0.2) is 6.10 Å². The fourth-order valence-electron chi connectivity index (χ4n) is 3.15. The molecule has 0 saturated heterocycles. The van der Waals surface area contributed by atoms with E-state index in [-0.39, 0.29) is 0 Å². The summed E-state index contributed by atoms with van der Waals surface area (Å²) in [5.41, 5.74) is 1.85. The number of aryl methyl sites for hydroxylation is 1. The number of hydrogen-bond donors (Lipinski definition) is 1. The number of carboxylic acid groups (broad SMARTS) is 1. The number of hydrogen-bond acceptors (Lipinski definition) is 5. The molecule has 0 aliphatic heterocycles. The minimum Gasteiger partial charge on any atom is -0.493 e. The Balaban J connectivity index is 1.39. The van der Waals surface area contributed by atoms with Crippen LogP contribution in [0, 0.1) is 6.92 Å². The lowest BCUT2D eigenvalue weighted by Gasteiger charge is -2.13. The van der Waals surface area contributed by atoms with E-state index >= 15 is 0 Å². The molecule has 0 bridgehead atoms. The van der Waals surface area contributed by atoms with Crippen molar-refractivity contribution in [1.82, 2.24) is 0 Å². The van der Waals surface area contributed by atoms with Crippen molar-refractivity contribution in [1.29, 1.82) is 0 Å². The molecular weight excluding hydrogens is 408 g/mol. The highest BCUT2D eigenvalue weighted by molar-refractivity contribution is 5.72. The van der Waals surface area contributed by atoms with Gasteiger partial charge in [-0.05, 0) is 60.5 Å². The summed E-state index contributed by atoms with van der Waals surface area (Å²) in [6.07, 6.45) is 0.196. The molecule has 3 aromatic carbocycles. The lowest BCUT2D eigenvalue weighted by atomic mass is 10.0. The van der Waals surface area contributed by atoms with Gasteiger partial charge in [-0.3, -0.25) is 0 Å². The van der Waals surface area contributed by atoms with Crippen molar-refractivity contribution in [2.75, 3.05) is 20.3 Å². The van der Waals surface area contributed by atoms with E-state index in [1.807, 2.05) is 79.7 Å². The van der Waals surface area contributed by atoms with Crippen LogP contribution < -0.4 is 14.2 Å². The molecule has 3 aromatic rings. The second-order valence-electron chi connectivity index (χ2n) is 7.30. The molecule has 0 aromatic heterocycles. The summed E-state index contributed by atoms with van der Waals surface area (Å²) in [6, 6.07) is 22.8. The third kappa shape index (κ3) is 7.03. The molecule has 0 heterocycles. The number of methoxy groups -OCH3 is 1. The van der Waals surface area contributed by atoms with Crippen molar-refractivity contribution >= 4 is 5.97 Å². The van der Waals surface area contributed by atoms with E-state index in [1.165, 1.54) is 7.11 Å². The standard InChI is InChI=1S/C26H28O6/c1-19-17-20(18-25(29-2)26(27)28)9-14-24(19)31-16-6-15-30-21-10-12-23(13-11-21)32-22-7-4-3-5-8-22/h3-5,7-14,17,25H,6,15-16,18H2,1-2H3,(H,27,28). The van der Waals surface area contributed by atoms with Crippen molar-refractivity contribution in [3.8, 4) is 23.0 Å². The molecule has 6 heteroatoms. The molecule has 1 atom stereocenters. The van der Waals surface area contributed by atoms with E-state index < -0.39 is 12.1 Å². The van der Waals surface area contributed by atoms with Crippen LogP contribution in [0.4, 0.5) is 0 Å². The van der Waals surface area contributed by atoms with Crippen LogP contribution in [0.25, 0.3) is 0 Å². The molecule has 1 unspecified atom stereocenters. The van der Waals surface area contributed by atoms with Gasteiger partial charge < -0.3 is 24.1 Å². The highest BCUT2D eigenvalue weighted by Gasteiger charge is 2.17. The van der Waals surface area contributed by atoms with Crippen LogP contribution in [0.5, 0.6) is 23.0 Å². The molecule has 168 valence electrons. The largest absolute Gasteiger partial charge is 0.493 e. The van der Waals surface area contributed by atoms with Gasteiger partial charge in [0.1, 0.15) is 23.0 Å². The molecule has 6 nitrogen and oxygen atoms in total. The zero-order valence-electron chi connectivity index (χ0n) is 18.3. The predicted octanol–water partition coefficient (Wildman–Crippen LogP) is 5.28. The van der Waals surface area contributed by atoms with Crippen LogP contribution in [0.3, 0.4) is 0 Å². The number of benzene rings is 3. The van der Waals surface area contributed by atoms with E-state index in [0.717, 1.165) is 40.5 Å². The summed E-state index contributed by atoms with van der Waals surface area (Å²) < 4.78 is 22.4. The Morgan fingerprint density at radius 3 is 2.19 bits per heavy atom. The number of ether oxygens (including phenoxy) is 4. The molecule has 0 radical (unpaired) electrons. The molecule has 0 fully saturated rings. The third-order valence-electron chi connectivity index (χ3n) is 4.84. The summed E-state index contributed by atoms with van der Waals surface area (Å²) >= 11 is 0. The Hall–Kier alpha value is -3.51. The summed E-state index contributed by atoms with van der Waals surface area (Å²) in [7, 11) is 1.40. The topological polar surface area (TPSA) is 74.2 Å². The maximum absolute atomic E-state index is 11.1. The fourth-order valence-corrected chi connectivity index (χ4v) is 3.15. The third-order valence-corrected chi connectivity index (χ3v) is 4.84. The molecular formula is C26H28O6. The maximum atomic E-state index is 11.1. The second-order valence-corrected chi connectivity index (χ2v) is 7.30. The summed E-state index contributed by atoms with van der Waals surface area (Å²) in [6.45, 7) is 2.99. The van der Waals surface area contributed by atoms with Gasteiger partial charge in [0, 0.05) is 20.0 Å². The fraction of sp³-hybridized carbons (Fsp3) is 0.269. The zero-order valence-corrected chi connectivity index (χ0v) is 18.3. The minimum absolute atomic E-state index is 0.315. The molecule has 3 rings (SSSR count). The lowest BCUT2D eigenvalue weighted by molar-refractivity contribution is -0.148. The summed E-state index contributed by atoms with van der Waals surface area (Å²) in [5.74, 6) is 2.13. The zero-order chi connectivity index (χ0) is 22.8. The Kier molecular flexibility index (Phi) is 8.52. The molecule has 32 heavy (non-hydrogen) atoms. The number of aliphatic carboxylic acids is 1. The molecule has 0 aliphatic rings. The SMILES string of the molecule is COC(Cc1ccc(OCCCOc2ccc(Oc3ccccc3)cc2)c(C)c1)C(=O)O. The van der Waals surface area contributed by atoms with Crippen LogP contribution in [-0.2, 0) is 16.0 Å². The van der Waals surface area contributed by atoms with Gasteiger partial charge in [0.25, 0.3) is 0 Å². The van der Waals surface area contributed by atoms with Gasteiger partial charge in [0.2, 0.25) is 0 Å². The summed E-state index contributed by atoms with van der Waals surface area (Å²) in [5, 5.41) is 9.11. The van der Waals surface area contributed by atoms with Crippen molar-refractivity contribution in [2.45, 2.75) is 25.9 Å². The molecule has 0 saturated carbocycles. The Morgan fingerprint density at radius 1 is 0.875 bits per heavy atom. The Labute approximate surface area is 188 Å². The Bertz CT molecular complexity index is 985. The van der Waals surface area contributed by atoms with Crippen molar-refractivity contribution in [3.05, 3.63) is 83.9 Å². The smallest absolute Gasteiger partial charge is 0.333 e. The first-order valence-corrected chi connectivity index (χ1v) is 10.5. The molecule has 0 spiro atoms. The van der Waals surface area contributed by atoms with Crippen molar-refractivity contribution < 1.29 is 28.8 Å². The lowest BCUT2D eigenvalue weighted by Crippen LogP contribution is -2.24. The number of para-hydroxylation sites is 1. The van der Waals surface area contributed by atoms with E-state index in [2.05, 4.69) is 0 Å². The van der Waals surface area contributed by atoms with Crippen LogP contribution in [-0.4, -0.2) is 37.5 Å². The molecule has 1 N–H and O–H groups in total. The van der Waals surface area contributed by atoms with Crippen LogP contribution >= 0.6 is 0 Å². The second kappa shape index (κ2) is 11.8. The highest BCUT2D eigenvalue weighted by Crippen LogP contribution is 2.24. The average molecular weight is 437 g/mol. The van der Waals surface area contributed by atoms with Gasteiger partial charge >= 0.3 is 5.97 Å². The van der Waals surface area contributed by atoms with Crippen LogP contribution in [0.1, 0.15) is 17.5 Å². The van der Waals surface area contributed by atoms with Gasteiger partial charge in [-0.25, -0.2) is 4.79 Å². The van der Waals surface area contributed by atoms with Crippen LogP contribution in [0.2, 0.25) is 0 Å². The van der Waals surface area contributed by atoms with Crippen molar-refractivity contribution in [3.63, 3.8) is 0 Å². The number of rotatable bonds is 12. The Morgan fingerprint density at radius 2 is 1.53 bits per heavy atom. The van der Waals surface area contributed by atoms with E-state index in [9.17, 15) is 4.79 Å². The van der Waals surface area contributed by atoms with E-state index in [1.54, 1.807) is 0 Å². The minimum atomic E-state index is -0.969. The highest BCUT2D eigenvalue weighted by atomic mass is 16.5. The van der Waals surface area contributed by atoms with Crippen LogP contribution in [0.15, 0.2) is 72.8 Å². The first kappa shape index (κ1) is 23.2. The monoisotopic (exact) mass is 436 g/mol. The summed E-state index contributed by atoms with van der Waals surface area (Å²) in [4.78, 5) is 11.1. The van der Waals surface area contributed by atoms with Crippen molar-refractivity contribution in [2.24, 2.45) is 0 Å². The van der Waals surface area contributed by atoms with E-state index in [0.29, 0.717) is 19.6 Å².